The molecule has 0 aliphatic carbocycles. The molecule has 3 aromatic rings. The lowest BCUT2D eigenvalue weighted by molar-refractivity contribution is -0.115. The third-order valence-electron chi connectivity index (χ3n) is 4.10. The van der Waals surface area contributed by atoms with Crippen LogP contribution in [0, 0.1) is 27.7 Å². The van der Waals surface area contributed by atoms with E-state index in [0.29, 0.717) is 11.8 Å². The van der Waals surface area contributed by atoms with Gasteiger partial charge in [0.05, 0.1) is 12.7 Å². The normalized spacial score (nSPS) is 11.2. The fraction of sp³-hybridized carbons (Fsp3) is 0.353. The van der Waals surface area contributed by atoms with Gasteiger partial charge in [0.2, 0.25) is 11.9 Å². The Labute approximate surface area is 134 Å². The van der Waals surface area contributed by atoms with Crippen molar-refractivity contribution in [3.63, 3.8) is 0 Å². The smallest absolute Gasteiger partial charge is 0.231 e. The molecule has 120 valence electrons. The van der Waals surface area contributed by atoms with Crippen LogP contribution < -0.4 is 5.32 Å². The zero-order valence-electron chi connectivity index (χ0n) is 14.0. The van der Waals surface area contributed by atoms with Crippen LogP contribution in [-0.4, -0.2) is 20.7 Å². The molecular weight excluding hydrogens is 292 g/mol. The molecule has 1 aromatic carbocycles. The third kappa shape index (κ3) is 2.72. The molecule has 0 spiro atoms. The minimum atomic E-state index is -0.138. The first-order chi connectivity index (χ1) is 10.9. The minimum absolute atomic E-state index is 0.138. The average molecular weight is 312 g/mol. The summed E-state index contributed by atoms with van der Waals surface area (Å²) < 4.78 is 7.26. The molecule has 0 saturated heterocycles. The van der Waals surface area contributed by atoms with E-state index in [2.05, 4.69) is 28.4 Å². The Morgan fingerprint density at radius 1 is 1.26 bits per heavy atom. The molecule has 23 heavy (non-hydrogen) atoms. The Hall–Kier alpha value is -2.63. The summed E-state index contributed by atoms with van der Waals surface area (Å²) in [6.45, 7) is 7.92. The van der Waals surface area contributed by atoms with Crippen LogP contribution in [0.4, 0.5) is 5.95 Å². The molecule has 0 aliphatic heterocycles. The summed E-state index contributed by atoms with van der Waals surface area (Å²) in [4.78, 5) is 16.5. The number of nitrogens with zero attached hydrogens (tertiary/aromatic N) is 3. The summed E-state index contributed by atoms with van der Waals surface area (Å²) >= 11 is 0. The molecule has 0 atom stereocenters. The van der Waals surface area contributed by atoms with Gasteiger partial charge in [-0.25, -0.2) is 4.68 Å². The van der Waals surface area contributed by atoms with Crippen LogP contribution in [0.25, 0.3) is 11.0 Å². The maximum Gasteiger partial charge on any atom is 0.231 e. The Bertz CT molecular complexity index is 905. The zero-order valence-corrected chi connectivity index (χ0v) is 14.0. The zero-order chi connectivity index (χ0) is 16.7. The summed E-state index contributed by atoms with van der Waals surface area (Å²) in [5.74, 6) is 0.934. The van der Waals surface area contributed by atoms with Crippen molar-refractivity contribution >= 4 is 22.8 Å². The van der Waals surface area contributed by atoms with E-state index in [0.717, 1.165) is 27.7 Å². The number of furan rings is 1. The first kappa shape index (κ1) is 15.3. The van der Waals surface area contributed by atoms with Crippen LogP contribution in [0.15, 0.2) is 16.7 Å². The summed E-state index contributed by atoms with van der Waals surface area (Å²) in [5.41, 5.74) is 5.17. The lowest BCUT2D eigenvalue weighted by Gasteiger charge is -2.06. The van der Waals surface area contributed by atoms with E-state index < -0.39 is 0 Å². The topological polar surface area (TPSA) is 73.0 Å². The molecule has 1 N–H and O–H groups in total. The largest absolute Gasteiger partial charge is 0.464 e. The highest BCUT2D eigenvalue weighted by atomic mass is 16.3. The number of carbonyl (C=O) groups is 1. The van der Waals surface area contributed by atoms with Gasteiger partial charge in [0.15, 0.2) is 0 Å². The molecular formula is C17H20N4O2. The first-order valence-electron chi connectivity index (χ1n) is 7.51. The van der Waals surface area contributed by atoms with Crippen LogP contribution in [-0.2, 0) is 18.3 Å². The number of benzene rings is 1. The molecule has 0 fully saturated rings. The second-order valence-corrected chi connectivity index (χ2v) is 5.93. The molecule has 2 heterocycles. The molecule has 0 aliphatic rings. The van der Waals surface area contributed by atoms with Crippen molar-refractivity contribution in [3.8, 4) is 0 Å². The Morgan fingerprint density at radius 3 is 2.65 bits per heavy atom. The number of anilines is 1. The van der Waals surface area contributed by atoms with E-state index in [9.17, 15) is 4.79 Å². The van der Waals surface area contributed by atoms with Gasteiger partial charge in [0.25, 0.3) is 0 Å². The molecule has 0 bridgehead atoms. The molecule has 3 rings (SSSR count). The molecule has 6 nitrogen and oxygen atoms in total. The van der Waals surface area contributed by atoms with E-state index >= 15 is 0 Å². The number of hydrogen-bond donors (Lipinski definition) is 1. The lowest BCUT2D eigenvalue weighted by atomic mass is 9.99. The summed E-state index contributed by atoms with van der Waals surface area (Å²) in [6.07, 6.45) is 1.91. The minimum Gasteiger partial charge on any atom is -0.464 e. The number of aryl methyl sites for hydroxylation is 5. The van der Waals surface area contributed by atoms with Gasteiger partial charge in [-0.2, -0.15) is 10.1 Å². The molecule has 0 unspecified atom stereocenters. The first-order valence-corrected chi connectivity index (χ1v) is 7.51. The van der Waals surface area contributed by atoms with Crippen LogP contribution >= 0.6 is 0 Å². The van der Waals surface area contributed by atoms with Gasteiger partial charge < -0.3 is 4.42 Å². The second-order valence-electron chi connectivity index (χ2n) is 5.93. The van der Waals surface area contributed by atoms with E-state index in [1.165, 1.54) is 5.56 Å². The fourth-order valence-electron chi connectivity index (χ4n) is 2.88. The van der Waals surface area contributed by atoms with E-state index in [-0.39, 0.29) is 12.3 Å². The second kappa shape index (κ2) is 5.53. The predicted octanol–water partition coefficient (Wildman–Crippen LogP) is 2.98. The maximum absolute atomic E-state index is 12.3. The highest BCUT2D eigenvalue weighted by Gasteiger charge is 2.16. The number of fused-ring (bicyclic) bond motifs is 1. The van der Waals surface area contributed by atoms with Crippen LogP contribution in [0.5, 0.6) is 0 Å². The van der Waals surface area contributed by atoms with Gasteiger partial charge in [-0.05, 0) is 44.4 Å². The maximum atomic E-state index is 12.3. The molecule has 0 radical (unpaired) electrons. The molecule has 1 amide bonds. The summed E-state index contributed by atoms with van der Waals surface area (Å²) in [7, 11) is 1.75. The van der Waals surface area contributed by atoms with Crippen LogP contribution in [0.3, 0.4) is 0 Å². The van der Waals surface area contributed by atoms with Crippen molar-refractivity contribution in [1.82, 2.24) is 14.8 Å². The van der Waals surface area contributed by atoms with E-state index in [1.54, 1.807) is 24.9 Å². The van der Waals surface area contributed by atoms with Crippen molar-refractivity contribution in [2.45, 2.75) is 34.1 Å². The molecule has 2 aromatic heterocycles. The van der Waals surface area contributed by atoms with Crippen molar-refractivity contribution in [3.05, 3.63) is 40.4 Å². The quantitative estimate of drug-likeness (QED) is 0.807. The molecule has 6 heteroatoms. The Balaban J connectivity index is 1.88. The fourth-order valence-corrected chi connectivity index (χ4v) is 2.88. The molecule has 0 saturated carbocycles. The Morgan fingerprint density at radius 2 is 2.00 bits per heavy atom. The van der Waals surface area contributed by atoms with E-state index in [4.69, 9.17) is 4.42 Å². The van der Waals surface area contributed by atoms with Gasteiger partial charge in [0.1, 0.15) is 11.4 Å². The SMILES string of the molecule is Cc1nc(NC(=O)Cc2coc3c(C)c(C)cc(C)c23)n(C)n1. The van der Waals surface area contributed by atoms with Crippen LogP contribution in [0.2, 0.25) is 0 Å². The van der Waals surface area contributed by atoms with Crippen molar-refractivity contribution in [1.29, 1.82) is 0 Å². The standard InChI is InChI=1S/C17H20N4O2/c1-9-6-10(2)15-13(8-23-16(15)11(9)3)7-14(22)19-17-18-12(4)20-21(17)5/h6,8H,7H2,1-5H3,(H,18,19,20,22). The highest BCUT2D eigenvalue weighted by Crippen LogP contribution is 2.30. The average Bonchev–Trinajstić information content (AvgIpc) is 3.00. The number of amides is 1. The summed E-state index contributed by atoms with van der Waals surface area (Å²) in [6, 6.07) is 2.13. The lowest BCUT2D eigenvalue weighted by Crippen LogP contribution is -2.17. The number of rotatable bonds is 3. The number of hydrogen-bond acceptors (Lipinski definition) is 4. The van der Waals surface area contributed by atoms with Crippen molar-refractivity contribution in [2.24, 2.45) is 7.05 Å². The monoisotopic (exact) mass is 312 g/mol. The predicted molar refractivity (Wildman–Crippen MR) is 88.5 cm³/mol. The summed E-state index contributed by atoms with van der Waals surface area (Å²) in [5, 5.41) is 7.93. The van der Waals surface area contributed by atoms with Gasteiger partial charge in [-0.3, -0.25) is 10.1 Å². The van der Waals surface area contributed by atoms with Crippen molar-refractivity contribution in [2.75, 3.05) is 5.32 Å². The highest BCUT2D eigenvalue weighted by molar-refractivity contribution is 5.96. The number of aromatic nitrogens is 3. The Kier molecular flexibility index (Phi) is 3.67. The van der Waals surface area contributed by atoms with E-state index in [1.807, 2.05) is 13.8 Å². The number of nitrogens with one attached hydrogen (secondary N) is 1. The van der Waals surface area contributed by atoms with Gasteiger partial charge >= 0.3 is 0 Å². The van der Waals surface area contributed by atoms with Crippen molar-refractivity contribution < 1.29 is 9.21 Å². The van der Waals surface area contributed by atoms with Gasteiger partial charge in [-0.15, -0.1) is 0 Å². The van der Waals surface area contributed by atoms with Gasteiger partial charge in [0, 0.05) is 18.0 Å². The number of carbonyl (C=O) groups excluding carboxylic acids is 1. The third-order valence-corrected chi connectivity index (χ3v) is 4.10. The van der Waals surface area contributed by atoms with Gasteiger partial charge in [-0.1, -0.05) is 6.07 Å². The van der Waals surface area contributed by atoms with Crippen LogP contribution in [0.1, 0.15) is 28.1 Å².